The van der Waals surface area contributed by atoms with Crippen LogP contribution in [0.3, 0.4) is 0 Å². The second kappa shape index (κ2) is 8.37. The van der Waals surface area contributed by atoms with Gasteiger partial charge in [0.15, 0.2) is 0 Å². The lowest BCUT2D eigenvalue weighted by Crippen LogP contribution is -2.41. The van der Waals surface area contributed by atoms with Crippen LogP contribution >= 0.6 is 0 Å². The van der Waals surface area contributed by atoms with Crippen LogP contribution in [0.2, 0.25) is 0 Å². The molecule has 0 aromatic heterocycles. The van der Waals surface area contributed by atoms with Gasteiger partial charge in [-0.25, -0.2) is 0 Å². The fourth-order valence-electron chi connectivity index (χ4n) is 2.96. The molecule has 0 atom stereocenters. The van der Waals surface area contributed by atoms with Crippen molar-refractivity contribution in [2.45, 2.75) is 19.3 Å². The Morgan fingerprint density at radius 1 is 1.24 bits per heavy atom. The van der Waals surface area contributed by atoms with E-state index in [4.69, 9.17) is 14.2 Å². The summed E-state index contributed by atoms with van der Waals surface area (Å²) in [5, 5.41) is 3.53. The molecular weight excluding hydrogens is 266 g/mol. The highest BCUT2D eigenvalue weighted by molar-refractivity contribution is 5.29. The Balaban J connectivity index is 2.00. The van der Waals surface area contributed by atoms with E-state index in [0.29, 0.717) is 0 Å². The predicted octanol–water partition coefficient (Wildman–Crippen LogP) is 2.27. The van der Waals surface area contributed by atoms with E-state index in [9.17, 15) is 0 Å². The Morgan fingerprint density at radius 2 is 2.05 bits per heavy atom. The van der Waals surface area contributed by atoms with Crippen molar-refractivity contribution in [2.75, 3.05) is 47.1 Å². The Hall–Kier alpha value is -1.10. The molecule has 2 rings (SSSR count). The molecule has 1 fully saturated rings. The summed E-state index contributed by atoms with van der Waals surface area (Å²) in [6.45, 7) is 4.38. The summed E-state index contributed by atoms with van der Waals surface area (Å²) in [6.07, 6.45) is 3.27. The maximum Gasteiger partial charge on any atom is 0.119 e. The van der Waals surface area contributed by atoms with Crippen LogP contribution in [0.25, 0.3) is 0 Å². The molecule has 0 amide bonds. The highest BCUT2D eigenvalue weighted by Crippen LogP contribution is 2.34. The average Bonchev–Trinajstić information content (AvgIpc) is 2.53. The smallest absolute Gasteiger partial charge is 0.119 e. The Kier molecular flexibility index (Phi) is 6.49. The maximum absolute atomic E-state index is 5.56. The third-order valence-electron chi connectivity index (χ3n) is 4.25. The van der Waals surface area contributed by atoms with Crippen molar-refractivity contribution in [3.05, 3.63) is 29.8 Å². The second-order valence-electron chi connectivity index (χ2n) is 5.81. The molecule has 1 heterocycles. The van der Waals surface area contributed by atoms with Crippen molar-refractivity contribution in [2.24, 2.45) is 5.41 Å². The van der Waals surface area contributed by atoms with E-state index in [2.05, 4.69) is 23.5 Å². The van der Waals surface area contributed by atoms with Gasteiger partial charge >= 0.3 is 0 Å². The van der Waals surface area contributed by atoms with Gasteiger partial charge < -0.3 is 19.5 Å². The molecule has 1 N–H and O–H groups in total. The fourth-order valence-corrected chi connectivity index (χ4v) is 2.96. The molecule has 0 spiro atoms. The average molecular weight is 293 g/mol. The SMILES string of the molecule is COCCNCC1(Cc2cccc(OC)c2)CCOCC1. The zero-order chi connectivity index (χ0) is 15.0. The highest BCUT2D eigenvalue weighted by Gasteiger charge is 2.32. The van der Waals surface area contributed by atoms with E-state index < -0.39 is 0 Å². The fraction of sp³-hybridized carbons (Fsp3) is 0.647. The monoisotopic (exact) mass is 293 g/mol. The van der Waals surface area contributed by atoms with Crippen LogP contribution in [-0.2, 0) is 15.9 Å². The molecule has 4 heteroatoms. The number of methoxy groups -OCH3 is 2. The summed E-state index contributed by atoms with van der Waals surface area (Å²) in [6, 6.07) is 8.40. The van der Waals surface area contributed by atoms with Gasteiger partial charge in [0.2, 0.25) is 0 Å². The summed E-state index contributed by atoms with van der Waals surface area (Å²) in [4.78, 5) is 0. The van der Waals surface area contributed by atoms with Crippen LogP contribution in [0.5, 0.6) is 5.75 Å². The van der Waals surface area contributed by atoms with Crippen molar-refractivity contribution in [3.8, 4) is 5.75 Å². The molecule has 1 aliphatic rings. The van der Waals surface area contributed by atoms with Gasteiger partial charge in [0, 0.05) is 33.4 Å². The van der Waals surface area contributed by atoms with Gasteiger partial charge in [-0.05, 0) is 42.4 Å². The summed E-state index contributed by atoms with van der Waals surface area (Å²) < 4.78 is 16.0. The Morgan fingerprint density at radius 3 is 2.76 bits per heavy atom. The van der Waals surface area contributed by atoms with E-state index >= 15 is 0 Å². The first kappa shape index (κ1) is 16.3. The maximum atomic E-state index is 5.56. The number of hydrogen-bond donors (Lipinski definition) is 1. The first-order chi connectivity index (χ1) is 10.3. The zero-order valence-corrected chi connectivity index (χ0v) is 13.2. The van der Waals surface area contributed by atoms with Crippen LogP contribution in [0, 0.1) is 5.41 Å². The van der Waals surface area contributed by atoms with E-state index in [1.54, 1.807) is 14.2 Å². The molecule has 1 aromatic rings. The Labute approximate surface area is 127 Å². The highest BCUT2D eigenvalue weighted by atomic mass is 16.5. The van der Waals surface area contributed by atoms with Gasteiger partial charge in [-0.1, -0.05) is 12.1 Å². The molecule has 1 aromatic carbocycles. The molecule has 0 unspecified atom stereocenters. The number of benzene rings is 1. The van der Waals surface area contributed by atoms with Crippen LogP contribution in [-0.4, -0.2) is 47.1 Å². The van der Waals surface area contributed by atoms with Crippen molar-refractivity contribution in [1.29, 1.82) is 0 Å². The van der Waals surface area contributed by atoms with Crippen molar-refractivity contribution in [1.82, 2.24) is 5.32 Å². The molecular formula is C17H27NO3. The molecule has 1 saturated heterocycles. The van der Waals surface area contributed by atoms with Crippen LogP contribution in [0.15, 0.2) is 24.3 Å². The normalized spacial score (nSPS) is 17.6. The molecule has 118 valence electrons. The predicted molar refractivity (Wildman–Crippen MR) is 83.9 cm³/mol. The van der Waals surface area contributed by atoms with E-state index in [1.165, 1.54) is 5.56 Å². The standard InChI is InChI=1S/C17H27NO3/c1-19-11-8-18-14-17(6-9-21-10-7-17)13-15-4-3-5-16(12-15)20-2/h3-5,12,18H,6-11,13-14H2,1-2H3. The van der Waals surface area contributed by atoms with Crippen LogP contribution in [0.4, 0.5) is 0 Å². The quantitative estimate of drug-likeness (QED) is 0.746. The summed E-state index contributed by atoms with van der Waals surface area (Å²) in [5.41, 5.74) is 1.61. The van der Waals surface area contributed by atoms with Gasteiger partial charge in [0.25, 0.3) is 0 Å². The summed E-state index contributed by atoms with van der Waals surface area (Å²) in [7, 11) is 3.46. The first-order valence-electron chi connectivity index (χ1n) is 7.68. The van der Waals surface area contributed by atoms with Gasteiger partial charge in [-0.2, -0.15) is 0 Å². The minimum absolute atomic E-state index is 0.276. The van der Waals surface area contributed by atoms with Gasteiger partial charge in [0.05, 0.1) is 13.7 Å². The number of ether oxygens (including phenoxy) is 3. The number of rotatable bonds is 8. The van der Waals surface area contributed by atoms with Gasteiger partial charge in [0.1, 0.15) is 5.75 Å². The largest absolute Gasteiger partial charge is 0.497 e. The van der Waals surface area contributed by atoms with Crippen molar-refractivity contribution in [3.63, 3.8) is 0 Å². The Bertz CT molecular complexity index is 416. The van der Waals surface area contributed by atoms with Gasteiger partial charge in [-0.3, -0.25) is 0 Å². The van der Waals surface area contributed by atoms with E-state index in [1.807, 2.05) is 6.07 Å². The minimum atomic E-state index is 0.276. The summed E-state index contributed by atoms with van der Waals surface area (Å²) in [5.74, 6) is 0.932. The number of hydrogen-bond acceptors (Lipinski definition) is 4. The van der Waals surface area contributed by atoms with Gasteiger partial charge in [-0.15, -0.1) is 0 Å². The van der Waals surface area contributed by atoms with E-state index in [0.717, 1.165) is 57.9 Å². The lowest BCUT2D eigenvalue weighted by molar-refractivity contribution is 0.0143. The third kappa shape index (κ3) is 4.99. The second-order valence-corrected chi connectivity index (χ2v) is 5.81. The third-order valence-corrected chi connectivity index (χ3v) is 4.25. The molecule has 0 aliphatic carbocycles. The zero-order valence-electron chi connectivity index (χ0n) is 13.2. The van der Waals surface area contributed by atoms with E-state index in [-0.39, 0.29) is 5.41 Å². The molecule has 0 saturated carbocycles. The topological polar surface area (TPSA) is 39.7 Å². The van der Waals surface area contributed by atoms with Crippen molar-refractivity contribution >= 4 is 0 Å². The molecule has 1 aliphatic heterocycles. The minimum Gasteiger partial charge on any atom is -0.497 e. The molecule has 21 heavy (non-hydrogen) atoms. The molecule has 4 nitrogen and oxygen atoms in total. The number of nitrogens with one attached hydrogen (secondary N) is 1. The first-order valence-corrected chi connectivity index (χ1v) is 7.68. The van der Waals surface area contributed by atoms with Crippen LogP contribution in [0.1, 0.15) is 18.4 Å². The summed E-state index contributed by atoms with van der Waals surface area (Å²) >= 11 is 0. The van der Waals surface area contributed by atoms with Crippen LogP contribution < -0.4 is 10.1 Å². The molecule has 0 radical (unpaired) electrons. The molecule has 0 bridgehead atoms. The van der Waals surface area contributed by atoms with Crippen molar-refractivity contribution < 1.29 is 14.2 Å². The lowest BCUT2D eigenvalue weighted by Gasteiger charge is -2.38. The lowest BCUT2D eigenvalue weighted by atomic mass is 9.75.